The molecule has 0 spiro atoms. The maximum atomic E-state index is 12.6. The zero-order chi connectivity index (χ0) is 11.6. The number of hydrogen-bond donors (Lipinski definition) is 0. The topological polar surface area (TPSA) is 9.23 Å². The molecule has 0 saturated heterocycles. The molecule has 15 heavy (non-hydrogen) atoms. The third-order valence-electron chi connectivity index (χ3n) is 1.87. The molecule has 1 aromatic rings. The normalized spacial score (nSPS) is 11.9. The number of benzene rings is 1. The van der Waals surface area contributed by atoms with Crippen LogP contribution in [0.15, 0.2) is 18.2 Å². The lowest BCUT2D eigenvalue weighted by molar-refractivity contribution is -0.139. The van der Waals surface area contributed by atoms with E-state index in [0.717, 1.165) is 6.07 Å². The van der Waals surface area contributed by atoms with Crippen LogP contribution in [0.3, 0.4) is 0 Å². The average Bonchev–Trinajstić information content (AvgIpc) is 2.05. The first-order valence-electron chi connectivity index (χ1n) is 4.66. The molecular formula is C11H13F3O. The summed E-state index contributed by atoms with van der Waals surface area (Å²) in [6.45, 7) is 5.01. The van der Waals surface area contributed by atoms with Gasteiger partial charge < -0.3 is 4.74 Å². The van der Waals surface area contributed by atoms with Crippen LogP contribution in [0.25, 0.3) is 0 Å². The van der Waals surface area contributed by atoms with Gasteiger partial charge in [0.25, 0.3) is 0 Å². The van der Waals surface area contributed by atoms with Gasteiger partial charge in [-0.05, 0) is 32.4 Å². The van der Waals surface area contributed by atoms with E-state index in [4.69, 9.17) is 4.74 Å². The van der Waals surface area contributed by atoms with Crippen LogP contribution in [0.1, 0.15) is 25.0 Å². The van der Waals surface area contributed by atoms with Gasteiger partial charge in [0.1, 0.15) is 5.75 Å². The molecule has 0 saturated carbocycles. The molecule has 0 amide bonds. The van der Waals surface area contributed by atoms with Crippen LogP contribution in [0.2, 0.25) is 0 Å². The number of ether oxygens (including phenoxy) is 1. The van der Waals surface area contributed by atoms with Gasteiger partial charge in [0, 0.05) is 0 Å². The molecule has 1 rings (SSSR count). The fourth-order valence-corrected chi connectivity index (χ4v) is 1.27. The summed E-state index contributed by atoms with van der Waals surface area (Å²) in [6.07, 6.45) is -4.64. The molecule has 0 radical (unpaired) electrons. The van der Waals surface area contributed by atoms with Crippen LogP contribution in [-0.4, -0.2) is 6.10 Å². The van der Waals surface area contributed by atoms with E-state index in [2.05, 4.69) is 0 Å². The fourth-order valence-electron chi connectivity index (χ4n) is 1.27. The summed E-state index contributed by atoms with van der Waals surface area (Å²) in [7, 11) is 0. The summed E-state index contributed by atoms with van der Waals surface area (Å²) >= 11 is 0. The van der Waals surface area contributed by atoms with Gasteiger partial charge in [-0.2, -0.15) is 13.2 Å². The van der Waals surface area contributed by atoms with Gasteiger partial charge >= 0.3 is 6.18 Å². The van der Waals surface area contributed by atoms with E-state index in [1.807, 2.05) is 0 Å². The maximum Gasteiger partial charge on any atom is 0.419 e. The Morgan fingerprint density at radius 2 is 1.80 bits per heavy atom. The van der Waals surface area contributed by atoms with Crippen LogP contribution in [-0.2, 0) is 6.18 Å². The second kappa shape index (κ2) is 4.13. The van der Waals surface area contributed by atoms with Crippen molar-refractivity contribution in [3.63, 3.8) is 0 Å². The second-order valence-corrected chi connectivity index (χ2v) is 3.62. The van der Waals surface area contributed by atoms with E-state index in [0.29, 0.717) is 5.56 Å². The molecule has 0 atom stereocenters. The van der Waals surface area contributed by atoms with Gasteiger partial charge in [-0.15, -0.1) is 0 Å². The second-order valence-electron chi connectivity index (χ2n) is 3.62. The highest BCUT2D eigenvalue weighted by Gasteiger charge is 2.35. The van der Waals surface area contributed by atoms with Crippen molar-refractivity contribution in [1.29, 1.82) is 0 Å². The molecule has 0 fully saturated rings. The average molecular weight is 218 g/mol. The Morgan fingerprint density at radius 1 is 1.20 bits per heavy atom. The van der Waals surface area contributed by atoms with Crippen molar-refractivity contribution >= 4 is 0 Å². The van der Waals surface area contributed by atoms with Gasteiger partial charge in [-0.25, -0.2) is 0 Å². The molecule has 0 aliphatic rings. The highest BCUT2D eigenvalue weighted by Crippen LogP contribution is 2.38. The Morgan fingerprint density at radius 3 is 2.27 bits per heavy atom. The standard InChI is InChI=1S/C11H13F3O/c1-7(2)15-10-8(3)5-4-6-9(10)11(12,13)14/h4-7H,1-3H3. The van der Waals surface area contributed by atoms with Gasteiger partial charge in [0.2, 0.25) is 0 Å². The first kappa shape index (κ1) is 11.9. The monoisotopic (exact) mass is 218 g/mol. The van der Waals surface area contributed by atoms with Gasteiger partial charge in [0.05, 0.1) is 11.7 Å². The molecule has 1 nitrogen and oxygen atoms in total. The molecule has 1 aromatic carbocycles. The molecule has 0 N–H and O–H groups in total. The molecule has 4 heteroatoms. The van der Waals surface area contributed by atoms with Crippen molar-refractivity contribution in [3.8, 4) is 5.75 Å². The molecule has 0 bridgehead atoms. The van der Waals surface area contributed by atoms with E-state index in [-0.39, 0.29) is 11.9 Å². The molecule has 0 aliphatic heterocycles. The van der Waals surface area contributed by atoms with Crippen molar-refractivity contribution < 1.29 is 17.9 Å². The molecule has 0 aliphatic carbocycles. The Labute approximate surface area is 86.9 Å². The van der Waals surface area contributed by atoms with Gasteiger partial charge in [-0.3, -0.25) is 0 Å². The van der Waals surface area contributed by atoms with Crippen molar-refractivity contribution in [2.45, 2.75) is 33.1 Å². The van der Waals surface area contributed by atoms with E-state index in [1.54, 1.807) is 26.8 Å². The number of hydrogen-bond acceptors (Lipinski definition) is 1. The van der Waals surface area contributed by atoms with Crippen LogP contribution in [0.4, 0.5) is 13.2 Å². The zero-order valence-electron chi connectivity index (χ0n) is 8.85. The smallest absolute Gasteiger partial charge is 0.419 e. The fraction of sp³-hybridized carbons (Fsp3) is 0.455. The van der Waals surface area contributed by atoms with E-state index in [9.17, 15) is 13.2 Å². The summed E-state index contributed by atoms with van der Waals surface area (Å²) in [5.74, 6) is -0.0694. The van der Waals surface area contributed by atoms with Crippen LogP contribution in [0.5, 0.6) is 5.75 Å². The minimum absolute atomic E-state index is 0.0694. The number of aryl methyl sites for hydroxylation is 1. The lowest BCUT2D eigenvalue weighted by atomic mass is 10.1. The predicted octanol–water partition coefficient (Wildman–Crippen LogP) is 3.80. The van der Waals surface area contributed by atoms with Crippen LogP contribution < -0.4 is 4.74 Å². The highest BCUT2D eigenvalue weighted by atomic mass is 19.4. The van der Waals surface area contributed by atoms with E-state index >= 15 is 0 Å². The summed E-state index contributed by atoms with van der Waals surface area (Å²) in [5.41, 5.74) is -0.213. The Balaban J connectivity index is 3.21. The molecule has 0 aromatic heterocycles. The maximum absolute atomic E-state index is 12.6. The van der Waals surface area contributed by atoms with Crippen molar-refractivity contribution in [2.75, 3.05) is 0 Å². The Hall–Kier alpha value is -1.19. The first-order valence-corrected chi connectivity index (χ1v) is 4.66. The lowest BCUT2D eigenvalue weighted by Crippen LogP contribution is -2.13. The number of alkyl halides is 3. The summed E-state index contributed by atoms with van der Waals surface area (Å²) in [4.78, 5) is 0. The largest absolute Gasteiger partial charge is 0.490 e. The lowest BCUT2D eigenvalue weighted by Gasteiger charge is -2.18. The number of halogens is 3. The first-order chi connectivity index (χ1) is 6.82. The number of rotatable bonds is 2. The minimum Gasteiger partial charge on any atom is -0.490 e. The van der Waals surface area contributed by atoms with Crippen molar-refractivity contribution in [1.82, 2.24) is 0 Å². The predicted molar refractivity (Wildman–Crippen MR) is 51.9 cm³/mol. The van der Waals surface area contributed by atoms with E-state index < -0.39 is 11.7 Å². The SMILES string of the molecule is Cc1cccc(C(F)(F)F)c1OC(C)C. The molecule has 0 unspecified atom stereocenters. The molecule has 84 valence electrons. The Kier molecular flexibility index (Phi) is 3.27. The van der Waals surface area contributed by atoms with Gasteiger partial charge in [-0.1, -0.05) is 12.1 Å². The van der Waals surface area contributed by atoms with Gasteiger partial charge in [0.15, 0.2) is 0 Å². The quantitative estimate of drug-likeness (QED) is 0.733. The molecule has 0 heterocycles. The van der Waals surface area contributed by atoms with Crippen molar-refractivity contribution in [2.24, 2.45) is 0 Å². The van der Waals surface area contributed by atoms with Crippen LogP contribution >= 0.6 is 0 Å². The number of para-hydroxylation sites is 1. The summed E-state index contributed by atoms with van der Waals surface area (Å²) in [5, 5.41) is 0. The minimum atomic E-state index is -4.36. The van der Waals surface area contributed by atoms with E-state index in [1.165, 1.54) is 6.07 Å². The van der Waals surface area contributed by atoms with Crippen LogP contribution in [0, 0.1) is 6.92 Å². The third kappa shape index (κ3) is 2.88. The summed E-state index contributed by atoms with van der Waals surface area (Å²) < 4.78 is 43.0. The zero-order valence-corrected chi connectivity index (χ0v) is 8.85. The van der Waals surface area contributed by atoms with Crippen molar-refractivity contribution in [3.05, 3.63) is 29.3 Å². The highest BCUT2D eigenvalue weighted by molar-refractivity contribution is 5.42. The molecular weight excluding hydrogens is 205 g/mol. The Bertz CT molecular complexity index is 342. The third-order valence-corrected chi connectivity index (χ3v) is 1.87. The summed E-state index contributed by atoms with van der Waals surface area (Å²) in [6, 6.07) is 4.02.